The molecule has 3 aliphatic rings. The van der Waals surface area contributed by atoms with Crippen molar-refractivity contribution in [3.8, 4) is 0 Å². The van der Waals surface area contributed by atoms with E-state index in [1.165, 1.54) is 40.1 Å². The molecule has 1 aromatic heterocycles. The Morgan fingerprint density at radius 3 is 2.30 bits per heavy atom. The molecule has 0 aliphatic heterocycles. The van der Waals surface area contributed by atoms with Crippen LogP contribution >= 0.6 is 23.6 Å². The molecular weight excluding hydrogens is 444 g/mol. The predicted molar refractivity (Wildman–Crippen MR) is 151 cm³/mol. The zero-order valence-corrected chi connectivity index (χ0v) is 21.9. The van der Waals surface area contributed by atoms with Crippen LogP contribution in [0, 0.1) is 24.7 Å². The fourth-order valence-corrected chi connectivity index (χ4v) is 5.35. The van der Waals surface area contributed by atoms with Gasteiger partial charge in [-0.3, -0.25) is 0 Å². The summed E-state index contributed by atoms with van der Waals surface area (Å²) in [5.74, 6) is 2.69. The largest absolute Gasteiger partial charge is 0.349 e. The van der Waals surface area contributed by atoms with E-state index in [0.29, 0.717) is 11.8 Å². The fourth-order valence-electron chi connectivity index (χ4n) is 3.73. The van der Waals surface area contributed by atoms with E-state index in [0.717, 1.165) is 60.7 Å². The maximum atomic E-state index is 9.57. The van der Waals surface area contributed by atoms with Crippen molar-refractivity contribution in [2.75, 3.05) is 0 Å². The van der Waals surface area contributed by atoms with Gasteiger partial charge in [-0.1, -0.05) is 65.1 Å². The van der Waals surface area contributed by atoms with Gasteiger partial charge in [-0.2, -0.15) is 0 Å². The summed E-state index contributed by atoms with van der Waals surface area (Å²) in [6.07, 6.45) is 14.7. The number of thiocarbonyl (C=S) groups is 1. The maximum Gasteiger partial charge on any atom is 0.123 e. The van der Waals surface area contributed by atoms with Gasteiger partial charge in [0.05, 0.1) is 4.99 Å². The average molecular weight is 489 g/mol. The molecule has 1 unspecified atom stereocenters. The summed E-state index contributed by atoms with van der Waals surface area (Å²) >= 11 is 7.51. The van der Waals surface area contributed by atoms with Crippen LogP contribution in [0.4, 0.5) is 0 Å². The molecule has 1 heterocycles. The third-order valence-corrected chi connectivity index (χ3v) is 7.66. The molecule has 0 aromatic carbocycles. The Morgan fingerprint density at radius 2 is 1.88 bits per heavy atom. The Labute approximate surface area is 211 Å². The van der Waals surface area contributed by atoms with E-state index in [2.05, 4.69) is 44.6 Å². The van der Waals surface area contributed by atoms with E-state index in [4.69, 9.17) is 12.2 Å². The van der Waals surface area contributed by atoms with Crippen LogP contribution in [-0.4, -0.2) is 11.3 Å². The van der Waals surface area contributed by atoms with Crippen molar-refractivity contribution in [3.05, 3.63) is 52.1 Å². The van der Waals surface area contributed by atoms with Crippen LogP contribution in [0.3, 0.4) is 0 Å². The molecule has 4 rings (SSSR count). The van der Waals surface area contributed by atoms with Gasteiger partial charge in [0.1, 0.15) is 12.1 Å². The number of aldehydes is 1. The van der Waals surface area contributed by atoms with E-state index < -0.39 is 0 Å². The van der Waals surface area contributed by atoms with Gasteiger partial charge >= 0.3 is 0 Å². The number of rotatable bonds is 7. The maximum absolute atomic E-state index is 9.57. The van der Waals surface area contributed by atoms with Crippen LogP contribution in [0.25, 0.3) is 5.57 Å². The second kappa shape index (κ2) is 14.5. The van der Waals surface area contributed by atoms with Gasteiger partial charge in [0.2, 0.25) is 0 Å². The van der Waals surface area contributed by atoms with Crippen molar-refractivity contribution in [2.45, 2.75) is 86.5 Å². The van der Waals surface area contributed by atoms with E-state index >= 15 is 0 Å². The molecule has 33 heavy (non-hydrogen) atoms. The highest BCUT2D eigenvalue weighted by Gasteiger charge is 2.27. The minimum atomic E-state index is 0. The number of carbonyl (C=O) groups excluding carboxylic acids is 1. The van der Waals surface area contributed by atoms with Crippen LogP contribution in [0.15, 0.2) is 31.3 Å². The Bertz CT molecular complexity index is 844. The number of hydrogen-bond donors (Lipinski definition) is 2. The lowest BCUT2D eigenvalue weighted by Crippen LogP contribution is -2.34. The van der Waals surface area contributed by atoms with E-state index in [1.807, 2.05) is 30.5 Å². The summed E-state index contributed by atoms with van der Waals surface area (Å²) in [4.78, 5) is 13.3. The van der Waals surface area contributed by atoms with Gasteiger partial charge in [-0.15, -0.1) is 11.3 Å². The molecule has 5 heteroatoms. The molecule has 0 amide bonds. The molecule has 0 spiro atoms. The number of carbonyl (C=O) groups is 1. The van der Waals surface area contributed by atoms with Gasteiger partial charge in [0.25, 0.3) is 0 Å². The van der Waals surface area contributed by atoms with E-state index in [9.17, 15) is 4.79 Å². The van der Waals surface area contributed by atoms with Crippen LogP contribution in [0.5, 0.6) is 0 Å². The SMILES string of the molecule is C.C=C(N/C=C\C)NC(=S)C1CCc2sc(C)c(C(=C)C)c2C1.CCC1CC1.O=CC1CC1. The summed E-state index contributed by atoms with van der Waals surface area (Å²) in [6, 6.07) is 0. The smallest absolute Gasteiger partial charge is 0.123 e. The van der Waals surface area contributed by atoms with Crippen molar-refractivity contribution in [3.63, 3.8) is 0 Å². The van der Waals surface area contributed by atoms with Crippen molar-refractivity contribution >= 4 is 40.4 Å². The molecule has 1 aromatic rings. The van der Waals surface area contributed by atoms with Crippen LogP contribution in [0.1, 0.15) is 87.6 Å². The van der Waals surface area contributed by atoms with Gasteiger partial charge in [0.15, 0.2) is 0 Å². The number of hydrogen-bond acceptors (Lipinski definition) is 4. The average Bonchev–Trinajstić information content (AvgIpc) is 3.68. The second-order valence-electron chi connectivity index (χ2n) is 9.09. The Morgan fingerprint density at radius 1 is 1.21 bits per heavy atom. The number of nitrogens with one attached hydrogen (secondary N) is 2. The Balaban J connectivity index is 0.000000404. The molecular formula is C28H44N2OS2. The normalized spacial score (nSPS) is 18.4. The van der Waals surface area contributed by atoms with E-state index in [1.54, 1.807) is 0 Å². The van der Waals surface area contributed by atoms with Crippen molar-refractivity contribution in [1.29, 1.82) is 0 Å². The molecule has 184 valence electrons. The third-order valence-electron chi connectivity index (χ3n) is 6.02. The van der Waals surface area contributed by atoms with Crippen molar-refractivity contribution < 1.29 is 4.79 Å². The molecule has 1 atom stereocenters. The van der Waals surface area contributed by atoms with Gasteiger partial charge in [-0.05, 0) is 81.7 Å². The first-order valence-electron chi connectivity index (χ1n) is 11.9. The molecule has 2 fully saturated rings. The third kappa shape index (κ3) is 9.97. The number of allylic oxidation sites excluding steroid dienone is 2. The summed E-state index contributed by atoms with van der Waals surface area (Å²) in [5.41, 5.74) is 3.98. The summed E-state index contributed by atoms with van der Waals surface area (Å²) in [7, 11) is 0. The highest BCUT2D eigenvalue weighted by atomic mass is 32.1. The molecule has 0 saturated heterocycles. The standard InChI is InChI=1S/C18H24N2S2.C5H10.C4H6O.CH4/c1-6-9-19-13(5)20-18(21)14-7-8-16-15(10-14)17(11(2)3)12(4)22-16;1-2-5-3-4-5;5-3-4-1-2-4;/h6,9,14,19H,2,5,7-8,10H2,1,3-4H3,(H,20,21);5H,2-4H2,1H3;3-4H,1-2H2;1H4/b9-6-;;;. The molecule has 2 N–H and O–H groups in total. The topological polar surface area (TPSA) is 41.1 Å². The minimum absolute atomic E-state index is 0. The first kappa shape index (κ1) is 29.3. The lowest BCUT2D eigenvalue weighted by atomic mass is 9.85. The molecule has 3 nitrogen and oxygen atoms in total. The number of thiophene rings is 1. The van der Waals surface area contributed by atoms with Crippen molar-refractivity contribution in [1.82, 2.24) is 10.6 Å². The number of aryl methyl sites for hydroxylation is 2. The molecule has 2 saturated carbocycles. The van der Waals surface area contributed by atoms with Crippen LogP contribution in [-0.2, 0) is 17.6 Å². The Hall–Kier alpha value is -1.72. The van der Waals surface area contributed by atoms with Gasteiger partial charge in [-0.25, -0.2) is 0 Å². The predicted octanol–water partition coefficient (Wildman–Crippen LogP) is 7.74. The van der Waals surface area contributed by atoms with Crippen molar-refractivity contribution in [2.24, 2.45) is 17.8 Å². The second-order valence-corrected chi connectivity index (χ2v) is 10.8. The summed E-state index contributed by atoms with van der Waals surface area (Å²) in [6.45, 7) is 16.6. The first-order chi connectivity index (χ1) is 15.3. The zero-order valence-electron chi connectivity index (χ0n) is 20.3. The molecule has 0 bridgehead atoms. The quantitative estimate of drug-likeness (QED) is 0.304. The molecule has 3 aliphatic carbocycles. The number of fused-ring (bicyclic) bond motifs is 1. The lowest BCUT2D eigenvalue weighted by molar-refractivity contribution is -0.108. The fraction of sp³-hybridized carbons (Fsp3) is 0.571. The van der Waals surface area contributed by atoms with E-state index in [-0.39, 0.29) is 7.43 Å². The highest BCUT2D eigenvalue weighted by Crippen LogP contribution is 2.39. The minimum Gasteiger partial charge on any atom is -0.349 e. The molecule has 0 radical (unpaired) electrons. The highest BCUT2D eigenvalue weighted by molar-refractivity contribution is 7.80. The summed E-state index contributed by atoms with van der Waals surface area (Å²) in [5, 5.41) is 6.30. The lowest BCUT2D eigenvalue weighted by Gasteiger charge is -2.25. The van der Waals surface area contributed by atoms with Crippen LogP contribution < -0.4 is 10.6 Å². The van der Waals surface area contributed by atoms with Gasteiger partial charge < -0.3 is 15.4 Å². The summed E-state index contributed by atoms with van der Waals surface area (Å²) < 4.78 is 0. The zero-order chi connectivity index (χ0) is 23.7. The van der Waals surface area contributed by atoms with Crippen LogP contribution in [0.2, 0.25) is 0 Å². The monoisotopic (exact) mass is 488 g/mol. The van der Waals surface area contributed by atoms with Gasteiger partial charge in [0, 0.05) is 21.6 Å². The first-order valence-corrected chi connectivity index (χ1v) is 13.1. The Kier molecular flexibility index (Phi) is 12.9.